The van der Waals surface area contributed by atoms with Crippen LogP contribution in [-0.2, 0) is 0 Å². The van der Waals surface area contributed by atoms with Gasteiger partial charge in [0, 0.05) is 27.7 Å². The van der Waals surface area contributed by atoms with Crippen LogP contribution in [0.25, 0.3) is 27.5 Å². The Kier molecular flexibility index (Phi) is 6.37. The van der Waals surface area contributed by atoms with Crippen LogP contribution in [0.1, 0.15) is 90.3 Å². The third kappa shape index (κ3) is 4.15. The molecule has 0 N–H and O–H groups in total. The van der Waals surface area contributed by atoms with Crippen LogP contribution in [0.5, 0.6) is 0 Å². The minimum atomic E-state index is -0.00102. The lowest BCUT2D eigenvalue weighted by Crippen LogP contribution is -2.42. The highest BCUT2D eigenvalue weighted by Crippen LogP contribution is 2.57. The predicted octanol–water partition coefficient (Wildman–Crippen LogP) is 10.6. The SMILES string of the molecule is CC(C)c1cccc(C(C)C)c1N1[C](c2ccc(-n3c4ccccc4c4ccccc43)cc2)C(C)(C)CC1(C)C. The Morgan fingerprint density at radius 3 is 1.60 bits per heavy atom. The lowest BCUT2D eigenvalue weighted by molar-refractivity contribution is 0.376. The van der Waals surface area contributed by atoms with Crippen LogP contribution in [0.4, 0.5) is 5.69 Å². The van der Waals surface area contributed by atoms with Gasteiger partial charge in [-0.2, -0.15) is 0 Å². The number of hydrogen-bond donors (Lipinski definition) is 0. The Bertz CT molecular complexity index is 1600. The number of benzene rings is 4. The summed E-state index contributed by atoms with van der Waals surface area (Å²) < 4.78 is 2.41. The quantitative estimate of drug-likeness (QED) is 0.221. The Morgan fingerprint density at radius 1 is 0.600 bits per heavy atom. The van der Waals surface area contributed by atoms with Gasteiger partial charge in [-0.15, -0.1) is 0 Å². The van der Waals surface area contributed by atoms with Gasteiger partial charge in [0.2, 0.25) is 0 Å². The zero-order valence-electron chi connectivity index (χ0n) is 25.4. The highest BCUT2D eigenvalue weighted by atomic mass is 15.3. The molecule has 205 valence electrons. The van der Waals surface area contributed by atoms with E-state index in [0.29, 0.717) is 11.8 Å². The van der Waals surface area contributed by atoms with Crippen molar-refractivity contribution in [3.05, 3.63) is 114 Å². The van der Waals surface area contributed by atoms with E-state index in [4.69, 9.17) is 0 Å². The first-order valence-electron chi connectivity index (χ1n) is 14.9. The van der Waals surface area contributed by atoms with E-state index in [1.54, 1.807) is 0 Å². The minimum absolute atomic E-state index is 0.00102. The van der Waals surface area contributed by atoms with Gasteiger partial charge in [0.25, 0.3) is 0 Å². The van der Waals surface area contributed by atoms with Crippen LogP contribution in [0, 0.1) is 11.5 Å². The van der Waals surface area contributed by atoms with Crippen LogP contribution in [-0.4, -0.2) is 10.1 Å². The summed E-state index contributed by atoms with van der Waals surface area (Å²) in [7, 11) is 0. The van der Waals surface area contributed by atoms with E-state index in [-0.39, 0.29) is 11.0 Å². The number of aromatic nitrogens is 1. The molecule has 0 saturated carbocycles. The lowest BCUT2D eigenvalue weighted by Gasteiger charge is -2.42. The van der Waals surface area contributed by atoms with E-state index in [1.807, 2.05) is 0 Å². The van der Waals surface area contributed by atoms with E-state index in [1.165, 1.54) is 55.9 Å². The second-order valence-corrected chi connectivity index (χ2v) is 13.6. The number of anilines is 1. The molecule has 1 radical (unpaired) electrons. The monoisotopic (exact) mass is 527 g/mol. The van der Waals surface area contributed by atoms with Gasteiger partial charge < -0.3 is 9.47 Å². The van der Waals surface area contributed by atoms with Crippen molar-refractivity contribution in [2.45, 2.75) is 79.2 Å². The van der Waals surface area contributed by atoms with Gasteiger partial charge in [-0.3, -0.25) is 0 Å². The van der Waals surface area contributed by atoms with Gasteiger partial charge in [0.15, 0.2) is 0 Å². The number of para-hydroxylation sites is 3. The molecule has 0 spiro atoms. The minimum Gasteiger partial charge on any atom is -0.353 e. The molecule has 40 heavy (non-hydrogen) atoms. The first-order chi connectivity index (χ1) is 19.0. The summed E-state index contributed by atoms with van der Waals surface area (Å²) in [5.74, 6) is 0.902. The third-order valence-corrected chi connectivity index (χ3v) is 8.89. The van der Waals surface area contributed by atoms with Crippen LogP contribution in [0.15, 0.2) is 91.0 Å². The molecule has 0 atom stereocenters. The average Bonchev–Trinajstić information content (AvgIpc) is 3.34. The molecule has 1 aliphatic rings. The summed E-state index contributed by atoms with van der Waals surface area (Å²) in [5, 5.41) is 2.60. The fourth-order valence-electron chi connectivity index (χ4n) is 7.52. The van der Waals surface area contributed by atoms with Crippen molar-refractivity contribution < 1.29 is 0 Å². The van der Waals surface area contributed by atoms with Crippen molar-refractivity contribution in [2.75, 3.05) is 4.90 Å². The molecule has 0 unspecified atom stereocenters. The molecule has 0 aliphatic carbocycles. The number of fused-ring (bicyclic) bond motifs is 3. The smallest absolute Gasteiger partial charge is 0.0989 e. The summed E-state index contributed by atoms with van der Waals surface area (Å²) in [5.41, 5.74) is 9.36. The van der Waals surface area contributed by atoms with E-state index in [9.17, 15) is 0 Å². The van der Waals surface area contributed by atoms with Crippen molar-refractivity contribution in [2.24, 2.45) is 5.41 Å². The standard InChI is InChI=1S/C38H43N2/c1-25(2)29-16-13-17-30(26(3)4)35(29)40-36(37(5,6)24-38(40,7)8)27-20-22-28(23-21-27)39-33-18-11-9-14-31(33)32-15-10-12-19-34(32)39/h9-23,25-26H,24H2,1-8H3. The molecule has 4 aromatic carbocycles. The van der Waals surface area contributed by atoms with Crippen molar-refractivity contribution in [3.8, 4) is 5.69 Å². The molecular formula is C38H43N2. The topological polar surface area (TPSA) is 8.17 Å². The molecular weight excluding hydrogens is 484 g/mol. The van der Waals surface area contributed by atoms with Gasteiger partial charge in [0.1, 0.15) is 0 Å². The lowest BCUT2D eigenvalue weighted by atomic mass is 9.78. The summed E-state index contributed by atoms with van der Waals surface area (Å²) in [4.78, 5) is 2.72. The Balaban J connectivity index is 1.52. The van der Waals surface area contributed by atoms with E-state index < -0.39 is 0 Å². The molecule has 0 bridgehead atoms. The van der Waals surface area contributed by atoms with Crippen molar-refractivity contribution >= 4 is 27.5 Å². The Hall–Kier alpha value is -3.52. The molecule has 6 rings (SSSR count). The molecule has 1 aromatic heterocycles. The molecule has 5 aromatic rings. The van der Waals surface area contributed by atoms with Crippen molar-refractivity contribution in [3.63, 3.8) is 0 Å². The molecule has 1 fully saturated rings. The zero-order chi connectivity index (χ0) is 28.4. The molecule has 2 heteroatoms. The van der Waals surface area contributed by atoms with E-state index in [0.717, 1.165) is 6.42 Å². The van der Waals surface area contributed by atoms with Gasteiger partial charge in [-0.05, 0) is 78.5 Å². The van der Waals surface area contributed by atoms with Gasteiger partial charge in [-0.25, -0.2) is 0 Å². The van der Waals surface area contributed by atoms with E-state index in [2.05, 4.69) is 156 Å². The third-order valence-electron chi connectivity index (χ3n) is 8.89. The van der Waals surface area contributed by atoms with Crippen LogP contribution < -0.4 is 4.90 Å². The summed E-state index contributed by atoms with van der Waals surface area (Å²) in [6.45, 7) is 19.0. The van der Waals surface area contributed by atoms with Gasteiger partial charge in [-0.1, -0.05) is 108 Å². The van der Waals surface area contributed by atoms with Crippen LogP contribution >= 0.6 is 0 Å². The predicted molar refractivity (Wildman–Crippen MR) is 173 cm³/mol. The van der Waals surface area contributed by atoms with Gasteiger partial charge >= 0.3 is 0 Å². The Morgan fingerprint density at radius 2 is 1.10 bits per heavy atom. The highest BCUT2D eigenvalue weighted by molar-refractivity contribution is 6.09. The molecule has 2 nitrogen and oxygen atoms in total. The summed E-state index contributed by atoms with van der Waals surface area (Å²) in [6.07, 6.45) is 1.11. The second kappa shape index (κ2) is 9.54. The number of rotatable bonds is 5. The summed E-state index contributed by atoms with van der Waals surface area (Å²) >= 11 is 0. The maximum atomic E-state index is 2.72. The van der Waals surface area contributed by atoms with Crippen molar-refractivity contribution in [1.82, 2.24) is 4.57 Å². The largest absolute Gasteiger partial charge is 0.353 e. The maximum absolute atomic E-state index is 2.72. The first kappa shape index (κ1) is 26.7. The summed E-state index contributed by atoms with van der Waals surface area (Å²) in [6, 6.07) is 35.2. The number of hydrogen-bond acceptors (Lipinski definition) is 1. The van der Waals surface area contributed by atoms with Crippen LogP contribution in [0.3, 0.4) is 0 Å². The average molecular weight is 528 g/mol. The van der Waals surface area contributed by atoms with E-state index >= 15 is 0 Å². The maximum Gasteiger partial charge on any atom is 0.0989 e. The second-order valence-electron chi connectivity index (χ2n) is 13.6. The molecule has 1 aliphatic heterocycles. The van der Waals surface area contributed by atoms with Crippen LogP contribution in [0.2, 0.25) is 0 Å². The molecule has 2 heterocycles. The van der Waals surface area contributed by atoms with Gasteiger partial charge in [0.05, 0.1) is 17.1 Å². The highest BCUT2D eigenvalue weighted by Gasteiger charge is 2.53. The molecule has 0 amide bonds. The Labute approximate surface area is 240 Å². The normalized spacial score (nSPS) is 17.1. The number of nitrogens with zero attached hydrogens (tertiary/aromatic N) is 2. The zero-order valence-corrected chi connectivity index (χ0v) is 25.4. The molecule has 1 saturated heterocycles. The fourth-order valence-corrected chi connectivity index (χ4v) is 7.52. The fraction of sp³-hybridized carbons (Fsp3) is 0.342. The first-order valence-corrected chi connectivity index (χ1v) is 14.9. The van der Waals surface area contributed by atoms with Crippen molar-refractivity contribution in [1.29, 1.82) is 0 Å².